The van der Waals surface area contributed by atoms with Crippen molar-refractivity contribution < 1.29 is 18.3 Å². The highest BCUT2D eigenvalue weighted by Gasteiger charge is 2.22. The maximum absolute atomic E-state index is 14.0. The summed E-state index contributed by atoms with van der Waals surface area (Å²) in [4.78, 5) is 15.1. The molecule has 0 saturated carbocycles. The van der Waals surface area contributed by atoms with Crippen LogP contribution in [0.5, 0.6) is 0 Å². The third-order valence-corrected chi connectivity index (χ3v) is 5.02. The summed E-state index contributed by atoms with van der Waals surface area (Å²) in [7, 11) is 0. The number of hydrogen-bond acceptors (Lipinski definition) is 4. The Labute approximate surface area is 169 Å². The van der Waals surface area contributed by atoms with Crippen LogP contribution in [0, 0.1) is 5.82 Å². The van der Waals surface area contributed by atoms with Gasteiger partial charge >= 0.3 is 0 Å². The highest BCUT2D eigenvalue weighted by atomic mass is 19.1. The Morgan fingerprint density at radius 3 is 2.48 bits per heavy atom. The van der Waals surface area contributed by atoms with Crippen molar-refractivity contribution >= 4 is 5.91 Å². The molecule has 29 heavy (non-hydrogen) atoms. The van der Waals surface area contributed by atoms with Gasteiger partial charge in [0.15, 0.2) is 5.76 Å². The van der Waals surface area contributed by atoms with Crippen molar-refractivity contribution in [3.8, 4) is 11.3 Å². The summed E-state index contributed by atoms with van der Waals surface area (Å²) in [6, 6.07) is 19.2. The van der Waals surface area contributed by atoms with Gasteiger partial charge in [0.2, 0.25) is 0 Å². The molecule has 1 aliphatic heterocycles. The minimum atomic E-state index is -0.386. The number of rotatable bonds is 6. The monoisotopic (exact) mass is 394 g/mol. The summed E-state index contributed by atoms with van der Waals surface area (Å²) < 4.78 is 25.1. The zero-order valence-corrected chi connectivity index (χ0v) is 16.0. The first kappa shape index (κ1) is 19.4. The van der Waals surface area contributed by atoms with Gasteiger partial charge in [-0.2, -0.15) is 0 Å². The van der Waals surface area contributed by atoms with Crippen molar-refractivity contribution in [1.29, 1.82) is 0 Å². The number of morpholine rings is 1. The van der Waals surface area contributed by atoms with Crippen LogP contribution in [0.1, 0.15) is 22.2 Å². The highest BCUT2D eigenvalue weighted by Crippen LogP contribution is 2.25. The van der Waals surface area contributed by atoms with Crippen molar-refractivity contribution in [2.75, 3.05) is 32.8 Å². The molecule has 1 fully saturated rings. The van der Waals surface area contributed by atoms with Crippen LogP contribution < -0.4 is 5.32 Å². The van der Waals surface area contributed by atoms with E-state index >= 15 is 0 Å². The number of amides is 1. The smallest absolute Gasteiger partial charge is 0.287 e. The van der Waals surface area contributed by atoms with Gasteiger partial charge in [-0.1, -0.05) is 42.5 Å². The second kappa shape index (κ2) is 9.03. The molecular weight excluding hydrogens is 371 g/mol. The highest BCUT2D eigenvalue weighted by molar-refractivity contribution is 5.92. The second-order valence-electron chi connectivity index (χ2n) is 6.99. The van der Waals surface area contributed by atoms with Crippen molar-refractivity contribution in [3.63, 3.8) is 0 Å². The van der Waals surface area contributed by atoms with E-state index in [0.29, 0.717) is 31.1 Å². The van der Waals surface area contributed by atoms with Gasteiger partial charge in [-0.25, -0.2) is 4.39 Å². The number of benzene rings is 2. The summed E-state index contributed by atoms with van der Waals surface area (Å²) >= 11 is 0. The van der Waals surface area contributed by atoms with Gasteiger partial charge in [0.05, 0.1) is 24.8 Å². The summed E-state index contributed by atoms with van der Waals surface area (Å²) in [6.45, 7) is 3.73. The molecule has 1 aromatic heterocycles. The van der Waals surface area contributed by atoms with Crippen molar-refractivity contribution in [2.45, 2.75) is 6.04 Å². The minimum absolute atomic E-state index is 0.158. The van der Waals surface area contributed by atoms with Gasteiger partial charge in [0, 0.05) is 19.6 Å². The molecule has 150 valence electrons. The number of carbonyl (C=O) groups excluding carboxylic acids is 1. The van der Waals surface area contributed by atoms with Crippen LogP contribution in [0.15, 0.2) is 71.1 Å². The van der Waals surface area contributed by atoms with Crippen LogP contribution in [-0.4, -0.2) is 43.7 Å². The number of nitrogens with zero attached hydrogens (tertiary/aromatic N) is 1. The van der Waals surface area contributed by atoms with Crippen molar-refractivity contribution in [1.82, 2.24) is 10.2 Å². The molecule has 1 amide bonds. The van der Waals surface area contributed by atoms with E-state index in [2.05, 4.69) is 10.2 Å². The molecule has 0 spiro atoms. The Hall–Kier alpha value is -2.96. The molecule has 6 heteroatoms. The van der Waals surface area contributed by atoms with Crippen LogP contribution in [0.2, 0.25) is 0 Å². The molecule has 1 saturated heterocycles. The third kappa shape index (κ3) is 4.72. The molecular formula is C23H23FN2O3. The number of nitrogens with one attached hydrogen (secondary N) is 1. The average Bonchev–Trinajstić information content (AvgIpc) is 3.25. The first-order chi connectivity index (χ1) is 14.2. The SMILES string of the molecule is O=C(NC(CN1CCOCC1)c1ccccc1)c1ccc(-c2ccccc2F)o1. The number of furan rings is 1. The van der Waals surface area contributed by atoms with E-state index in [1.54, 1.807) is 30.3 Å². The quantitative estimate of drug-likeness (QED) is 0.689. The summed E-state index contributed by atoms with van der Waals surface area (Å²) in [6.07, 6.45) is 0. The third-order valence-electron chi connectivity index (χ3n) is 5.02. The lowest BCUT2D eigenvalue weighted by atomic mass is 10.1. The predicted molar refractivity (Wildman–Crippen MR) is 108 cm³/mol. The van der Waals surface area contributed by atoms with Crippen LogP contribution in [0.3, 0.4) is 0 Å². The molecule has 0 aliphatic carbocycles. The lowest BCUT2D eigenvalue weighted by Gasteiger charge is -2.31. The standard InChI is InChI=1S/C23H23FN2O3/c24-19-9-5-4-8-18(19)21-10-11-22(29-21)23(27)25-20(17-6-2-1-3-7-17)16-26-12-14-28-15-13-26/h1-11,20H,12-16H2,(H,25,27). The zero-order valence-electron chi connectivity index (χ0n) is 16.0. The fraction of sp³-hybridized carbons (Fsp3) is 0.261. The largest absolute Gasteiger partial charge is 0.451 e. The molecule has 1 aliphatic rings. The topological polar surface area (TPSA) is 54.7 Å². The summed E-state index contributed by atoms with van der Waals surface area (Å²) in [5.41, 5.74) is 1.35. The minimum Gasteiger partial charge on any atom is -0.451 e. The van der Waals surface area contributed by atoms with Gasteiger partial charge in [-0.3, -0.25) is 9.69 Å². The fourth-order valence-corrected chi connectivity index (χ4v) is 3.46. The van der Waals surface area contributed by atoms with E-state index in [1.807, 2.05) is 30.3 Å². The van der Waals surface area contributed by atoms with E-state index < -0.39 is 0 Å². The van der Waals surface area contributed by atoms with Crippen LogP contribution >= 0.6 is 0 Å². The maximum Gasteiger partial charge on any atom is 0.287 e. The molecule has 1 unspecified atom stereocenters. The van der Waals surface area contributed by atoms with Gasteiger partial charge in [-0.05, 0) is 29.8 Å². The Balaban J connectivity index is 1.51. The second-order valence-corrected chi connectivity index (χ2v) is 6.99. The Morgan fingerprint density at radius 1 is 1.00 bits per heavy atom. The van der Waals surface area contributed by atoms with E-state index in [4.69, 9.17) is 9.15 Å². The molecule has 2 heterocycles. The predicted octanol–water partition coefficient (Wildman–Crippen LogP) is 3.89. The molecule has 1 atom stereocenters. The Morgan fingerprint density at radius 2 is 1.72 bits per heavy atom. The van der Waals surface area contributed by atoms with E-state index in [1.165, 1.54) is 6.07 Å². The fourth-order valence-electron chi connectivity index (χ4n) is 3.46. The van der Waals surface area contributed by atoms with Crippen LogP contribution in [0.25, 0.3) is 11.3 Å². The summed E-state index contributed by atoms with van der Waals surface area (Å²) in [5, 5.41) is 3.07. The molecule has 1 N–H and O–H groups in total. The van der Waals surface area contributed by atoms with Gasteiger partial charge in [0.1, 0.15) is 11.6 Å². The molecule has 3 aromatic rings. The van der Waals surface area contributed by atoms with Gasteiger partial charge in [0.25, 0.3) is 5.91 Å². The normalized spacial score (nSPS) is 15.8. The molecule has 5 nitrogen and oxygen atoms in total. The van der Waals surface area contributed by atoms with Gasteiger partial charge < -0.3 is 14.5 Å². The molecule has 2 aromatic carbocycles. The van der Waals surface area contributed by atoms with Crippen molar-refractivity contribution in [2.24, 2.45) is 0 Å². The summed E-state index contributed by atoms with van der Waals surface area (Å²) in [5.74, 6) is -0.221. The zero-order chi connectivity index (χ0) is 20.1. The maximum atomic E-state index is 14.0. The van der Waals surface area contributed by atoms with E-state index in [-0.39, 0.29) is 23.5 Å². The lowest BCUT2D eigenvalue weighted by Crippen LogP contribution is -2.43. The van der Waals surface area contributed by atoms with Crippen LogP contribution in [0.4, 0.5) is 4.39 Å². The molecule has 0 bridgehead atoms. The number of hydrogen-bond donors (Lipinski definition) is 1. The average molecular weight is 394 g/mol. The number of halogens is 1. The first-order valence-corrected chi connectivity index (χ1v) is 9.71. The Kier molecular flexibility index (Phi) is 6.03. The molecule has 0 radical (unpaired) electrons. The lowest BCUT2D eigenvalue weighted by molar-refractivity contribution is 0.0331. The van der Waals surface area contributed by atoms with E-state index in [0.717, 1.165) is 18.7 Å². The number of carbonyl (C=O) groups is 1. The number of ether oxygens (including phenoxy) is 1. The first-order valence-electron chi connectivity index (χ1n) is 9.71. The Bertz CT molecular complexity index is 952. The molecule has 4 rings (SSSR count). The van der Waals surface area contributed by atoms with Crippen molar-refractivity contribution in [3.05, 3.63) is 83.9 Å². The van der Waals surface area contributed by atoms with Crippen LogP contribution in [-0.2, 0) is 4.74 Å². The van der Waals surface area contributed by atoms with E-state index in [9.17, 15) is 9.18 Å². The van der Waals surface area contributed by atoms with Gasteiger partial charge in [-0.15, -0.1) is 0 Å².